The molecule has 0 bridgehead atoms. The molecule has 0 radical (unpaired) electrons. The third kappa shape index (κ3) is 3.73. The van der Waals surface area contributed by atoms with E-state index in [4.69, 9.17) is 10.9 Å². The summed E-state index contributed by atoms with van der Waals surface area (Å²) < 4.78 is 0. The van der Waals surface area contributed by atoms with Crippen LogP contribution in [0.3, 0.4) is 0 Å². The van der Waals surface area contributed by atoms with Gasteiger partial charge in [-0.3, -0.25) is 4.98 Å². The number of hydrogen-bond donors (Lipinski definition) is 2. The van der Waals surface area contributed by atoms with Gasteiger partial charge in [0.05, 0.1) is 0 Å². The predicted molar refractivity (Wildman–Crippen MR) is 67.7 cm³/mol. The Hall–Kier alpha value is -1.23. The Morgan fingerprint density at radius 3 is 3.00 bits per heavy atom. The molecular formula is C11H17N3OS. The third-order valence-electron chi connectivity index (χ3n) is 1.95. The molecule has 0 amide bonds. The van der Waals surface area contributed by atoms with E-state index in [1.807, 2.05) is 23.9 Å². The first-order valence-electron chi connectivity index (χ1n) is 5.14. The standard InChI is InChI=1S/C11H17N3OS/c1-8(2)6-16-7-9-4-3-5-13-10(9)11(12)14-15/h3-5,8,15H,6-7H2,1-2H3,(H2,12,14). The highest BCUT2D eigenvalue weighted by Gasteiger charge is 2.08. The van der Waals surface area contributed by atoms with E-state index in [1.165, 1.54) is 0 Å². The lowest BCUT2D eigenvalue weighted by molar-refractivity contribution is 0.318. The number of amidine groups is 1. The molecule has 5 heteroatoms. The van der Waals surface area contributed by atoms with Crippen LogP contribution >= 0.6 is 11.8 Å². The molecule has 0 aliphatic carbocycles. The number of rotatable bonds is 5. The van der Waals surface area contributed by atoms with E-state index in [0.717, 1.165) is 17.1 Å². The highest BCUT2D eigenvalue weighted by molar-refractivity contribution is 7.98. The van der Waals surface area contributed by atoms with E-state index in [1.54, 1.807) is 6.20 Å². The van der Waals surface area contributed by atoms with Crippen molar-refractivity contribution in [3.8, 4) is 0 Å². The number of thioether (sulfide) groups is 1. The molecule has 1 heterocycles. The first-order valence-corrected chi connectivity index (χ1v) is 6.30. The molecule has 3 N–H and O–H groups in total. The second kappa shape index (κ2) is 6.37. The highest BCUT2D eigenvalue weighted by atomic mass is 32.2. The lowest BCUT2D eigenvalue weighted by atomic mass is 10.2. The maximum atomic E-state index is 8.64. The van der Waals surface area contributed by atoms with Crippen molar-refractivity contribution >= 4 is 17.6 Å². The van der Waals surface area contributed by atoms with Crippen molar-refractivity contribution in [3.05, 3.63) is 29.6 Å². The zero-order chi connectivity index (χ0) is 12.0. The van der Waals surface area contributed by atoms with Gasteiger partial charge in [-0.2, -0.15) is 11.8 Å². The fourth-order valence-corrected chi connectivity index (χ4v) is 2.28. The fourth-order valence-electron chi connectivity index (χ4n) is 1.24. The zero-order valence-electron chi connectivity index (χ0n) is 9.55. The molecule has 0 aliphatic rings. The van der Waals surface area contributed by atoms with Gasteiger partial charge in [0.1, 0.15) is 5.69 Å². The monoisotopic (exact) mass is 239 g/mol. The van der Waals surface area contributed by atoms with Gasteiger partial charge in [-0.15, -0.1) is 0 Å². The van der Waals surface area contributed by atoms with E-state index >= 15 is 0 Å². The van der Waals surface area contributed by atoms with Crippen LogP contribution in [0, 0.1) is 5.92 Å². The second-order valence-corrected chi connectivity index (χ2v) is 4.94. The SMILES string of the molecule is CC(C)CSCc1cccnc1C(N)=NO. The van der Waals surface area contributed by atoms with Gasteiger partial charge < -0.3 is 10.9 Å². The van der Waals surface area contributed by atoms with Crippen molar-refractivity contribution in [2.75, 3.05) is 5.75 Å². The minimum atomic E-state index is 0.0701. The molecule has 4 nitrogen and oxygen atoms in total. The van der Waals surface area contributed by atoms with Crippen LogP contribution in [0.2, 0.25) is 0 Å². The molecule has 1 rings (SSSR count). The summed E-state index contributed by atoms with van der Waals surface area (Å²) >= 11 is 1.82. The molecule has 0 saturated heterocycles. The summed E-state index contributed by atoms with van der Waals surface area (Å²) in [6, 6.07) is 3.81. The smallest absolute Gasteiger partial charge is 0.189 e. The topological polar surface area (TPSA) is 71.5 Å². The summed E-state index contributed by atoms with van der Waals surface area (Å²) in [4.78, 5) is 4.12. The van der Waals surface area contributed by atoms with Crippen LogP contribution in [0.15, 0.2) is 23.5 Å². The number of oxime groups is 1. The Morgan fingerprint density at radius 1 is 1.62 bits per heavy atom. The Balaban J connectivity index is 2.72. The van der Waals surface area contributed by atoms with Gasteiger partial charge in [0.25, 0.3) is 0 Å². The van der Waals surface area contributed by atoms with Gasteiger partial charge in [-0.05, 0) is 23.3 Å². The number of nitrogens with two attached hydrogens (primary N) is 1. The van der Waals surface area contributed by atoms with Gasteiger partial charge in [0, 0.05) is 11.9 Å². The van der Waals surface area contributed by atoms with Crippen molar-refractivity contribution in [2.24, 2.45) is 16.8 Å². The van der Waals surface area contributed by atoms with Crippen molar-refractivity contribution in [1.29, 1.82) is 0 Å². The highest BCUT2D eigenvalue weighted by Crippen LogP contribution is 2.17. The molecule has 0 unspecified atom stereocenters. The van der Waals surface area contributed by atoms with E-state index in [0.29, 0.717) is 11.6 Å². The Kier molecular flexibility index (Phi) is 5.11. The quantitative estimate of drug-likeness (QED) is 0.357. The van der Waals surface area contributed by atoms with E-state index < -0.39 is 0 Å². The van der Waals surface area contributed by atoms with Crippen molar-refractivity contribution in [1.82, 2.24) is 4.98 Å². The fraction of sp³-hybridized carbons (Fsp3) is 0.455. The van der Waals surface area contributed by atoms with E-state index in [9.17, 15) is 0 Å². The summed E-state index contributed by atoms with van der Waals surface area (Å²) in [5.41, 5.74) is 7.13. The normalized spacial score (nSPS) is 12.1. The summed E-state index contributed by atoms with van der Waals surface area (Å²) in [7, 11) is 0. The van der Waals surface area contributed by atoms with Crippen LogP contribution in [0.4, 0.5) is 0 Å². The average Bonchev–Trinajstić information content (AvgIpc) is 2.28. The van der Waals surface area contributed by atoms with E-state index in [-0.39, 0.29) is 5.84 Å². The molecule has 0 aromatic carbocycles. The van der Waals surface area contributed by atoms with Crippen LogP contribution in [0.1, 0.15) is 25.1 Å². The first-order chi connectivity index (χ1) is 7.65. The van der Waals surface area contributed by atoms with Crippen LogP contribution < -0.4 is 5.73 Å². The molecule has 0 aliphatic heterocycles. The lowest BCUT2D eigenvalue weighted by Crippen LogP contribution is -2.17. The number of pyridine rings is 1. The van der Waals surface area contributed by atoms with Crippen LogP contribution in [-0.4, -0.2) is 21.8 Å². The molecule has 0 fully saturated rings. The Bertz CT molecular complexity index is 366. The lowest BCUT2D eigenvalue weighted by Gasteiger charge is -2.08. The van der Waals surface area contributed by atoms with Crippen LogP contribution in [0.5, 0.6) is 0 Å². The van der Waals surface area contributed by atoms with Gasteiger partial charge in [-0.25, -0.2) is 0 Å². The summed E-state index contributed by atoms with van der Waals surface area (Å²) in [6.07, 6.45) is 1.64. The van der Waals surface area contributed by atoms with Crippen molar-refractivity contribution in [2.45, 2.75) is 19.6 Å². The van der Waals surface area contributed by atoms with Gasteiger partial charge in [0.2, 0.25) is 0 Å². The second-order valence-electron chi connectivity index (χ2n) is 3.91. The molecule has 16 heavy (non-hydrogen) atoms. The number of hydrogen-bond acceptors (Lipinski definition) is 4. The molecular weight excluding hydrogens is 222 g/mol. The van der Waals surface area contributed by atoms with Crippen molar-refractivity contribution < 1.29 is 5.21 Å². The minimum Gasteiger partial charge on any atom is -0.409 e. The molecule has 1 aromatic heterocycles. The largest absolute Gasteiger partial charge is 0.409 e. The van der Waals surface area contributed by atoms with Gasteiger partial charge in [0.15, 0.2) is 5.84 Å². The van der Waals surface area contributed by atoms with Gasteiger partial charge in [-0.1, -0.05) is 25.1 Å². The van der Waals surface area contributed by atoms with Crippen LogP contribution in [0.25, 0.3) is 0 Å². The zero-order valence-corrected chi connectivity index (χ0v) is 10.4. The molecule has 1 aromatic rings. The minimum absolute atomic E-state index is 0.0701. The number of nitrogens with zero attached hydrogens (tertiary/aromatic N) is 2. The third-order valence-corrected chi connectivity index (χ3v) is 3.37. The summed E-state index contributed by atoms with van der Waals surface area (Å²) in [6.45, 7) is 4.36. The van der Waals surface area contributed by atoms with E-state index in [2.05, 4.69) is 24.0 Å². The maximum absolute atomic E-state index is 8.64. The van der Waals surface area contributed by atoms with Crippen molar-refractivity contribution in [3.63, 3.8) is 0 Å². The molecule has 0 saturated carbocycles. The maximum Gasteiger partial charge on any atom is 0.189 e. The Labute approximate surface area is 99.9 Å². The molecule has 88 valence electrons. The summed E-state index contributed by atoms with van der Waals surface area (Å²) in [5, 5.41) is 11.6. The first kappa shape index (κ1) is 12.8. The molecule has 0 spiro atoms. The van der Waals surface area contributed by atoms with Crippen LogP contribution in [-0.2, 0) is 5.75 Å². The number of aromatic nitrogens is 1. The predicted octanol–water partition coefficient (Wildman–Crippen LogP) is 2.07. The molecule has 0 atom stereocenters. The Morgan fingerprint density at radius 2 is 2.38 bits per heavy atom. The van der Waals surface area contributed by atoms with Gasteiger partial charge >= 0.3 is 0 Å². The summed E-state index contributed by atoms with van der Waals surface area (Å²) in [5.74, 6) is 2.65. The average molecular weight is 239 g/mol.